The summed E-state index contributed by atoms with van der Waals surface area (Å²) in [5.74, 6) is 0.874. The molecule has 0 saturated carbocycles. The average molecular weight is 278 g/mol. The SMILES string of the molecule is CCCNC(=O)CCNc1ncnc2sc(C)cc12. The van der Waals surface area contributed by atoms with E-state index in [1.807, 2.05) is 13.8 Å². The van der Waals surface area contributed by atoms with Crippen molar-refractivity contribution in [2.75, 3.05) is 18.4 Å². The smallest absolute Gasteiger partial charge is 0.221 e. The van der Waals surface area contributed by atoms with E-state index in [1.165, 1.54) is 4.88 Å². The third kappa shape index (κ3) is 3.64. The van der Waals surface area contributed by atoms with Gasteiger partial charge in [0.15, 0.2) is 0 Å². The Bertz CT molecular complexity index is 567. The topological polar surface area (TPSA) is 66.9 Å². The number of aromatic nitrogens is 2. The molecule has 0 aliphatic heterocycles. The van der Waals surface area contributed by atoms with Crippen LogP contribution in [0, 0.1) is 6.92 Å². The minimum absolute atomic E-state index is 0.0705. The number of aryl methyl sites for hydroxylation is 1. The highest BCUT2D eigenvalue weighted by molar-refractivity contribution is 7.18. The molecular formula is C13H18N4OS. The molecule has 0 radical (unpaired) electrons. The van der Waals surface area contributed by atoms with Gasteiger partial charge >= 0.3 is 0 Å². The van der Waals surface area contributed by atoms with Crippen LogP contribution in [0.3, 0.4) is 0 Å². The maximum Gasteiger partial charge on any atom is 0.221 e. The van der Waals surface area contributed by atoms with Crippen molar-refractivity contribution >= 4 is 33.3 Å². The van der Waals surface area contributed by atoms with Crippen LogP contribution in [0.5, 0.6) is 0 Å². The van der Waals surface area contributed by atoms with Crippen LogP contribution in [0.25, 0.3) is 10.2 Å². The Morgan fingerprint density at radius 2 is 2.21 bits per heavy atom. The van der Waals surface area contributed by atoms with Crippen molar-refractivity contribution in [3.8, 4) is 0 Å². The molecule has 0 spiro atoms. The standard InChI is InChI=1S/C13H18N4OS/c1-3-5-14-11(18)4-6-15-12-10-7-9(2)19-13(10)17-8-16-12/h7-8H,3-6H2,1-2H3,(H,14,18)(H,15,16,17). The monoisotopic (exact) mass is 278 g/mol. The summed E-state index contributed by atoms with van der Waals surface area (Å²) in [5.41, 5.74) is 0. The van der Waals surface area contributed by atoms with Crippen LogP contribution in [0.4, 0.5) is 5.82 Å². The molecule has 2 aromatic heterocycles. The number of carbonyl (C=O) groups is 1. The van der Waals surface area contributed by atoms with Crippen molar-refractivity contribution in [2.45, 2.75) is 26.7 Å². The van der Waals surface area contributed by atoms with Crippen molar-refractivity contribution in [3.05, 3.63) is 17.3 Å². The molecule has 19 heavy (non-hydrogen) atoms. The Hall–Kier alpha value is -1.69. The van der Waals surface area contributed by atoms with Crippen LogP contribution >= 0.6 is 11.3 Å². The summed E-state index contributed by atoms with van der Waals surface area (Å²) in [4.78, 5) is 22.1. The largest absolute Gasteiger partial charge is 0.369 e. The molecule has 2 N–H and O–H groups in total. The fourth-order valence-electron chi connectivity index (χ4n) is 1.76. The summed E-state index contributed by atoms with van der Waals surface area (Å²) in [6, 6.07) is 2.07. The summed E-state index contributed by atoms with van der Waals surface area (Å²) in [6.07, 6.45) is 2.96. The maximum atomic E-state index is 11.5. The maximum absolute atomic E-state index is 11.5. The van der Waals surface area contributed by atoms with E-state index in [-0.39, 0.29) is 5.91 Å². The van der Waals surface area contributed by atoms with Gasteiger partial charge in [-0.25, -0.2) is 9.97 Å². The zero-order valence-corrected chi connectivity index (χ0v) is 12.0. The molecule has 2 heterocycles. The molecule has 1 amide bonds. The highest BCUT2D eigenvalue weighted by atomic mass is 32.1. The first-order valence-electron chi connectivity index (χ1n) is 6.42. The molecule has 2 rings (SSSR count). The number of hydrogen-bond acceptors (Lipinski definition) is 5. The number of carbonyl (C=O) groups excluding carboxylic acids is 1. The van der Waals surface area contributed by atoms with Gasteiger partial charge in [-0.2, -0.15) is 0 Å². The van der Waals surface area contributed by atoms with Gasteiger partial charge in [0.1, 0.15) is 17.0 Å². The van der Waals surface area contributed by atoms with Gasteiger partial charge in [-0.1, -0.05) is 6.92 Å². The van der Waals surface area contributed by atoms with E-state index in [1.54, 1.807) is 17.7 Å². The fraction of sp³-hybridized carbons (Fsp3) is 0.462. The molecule has 0 bridgehead atoms. The van der Waals surface area contributed by atoms with E-state index in [0.717, 1.165) is 29.0 Å². The lowest BCUT2D eigenvalue weighted by molar-refractivity contribution is -0.120. The molecule has 0 aliphatic carbocycles. The average Bonchev–Trinajstić information content (AvgIpc) is 2.77. The summed E-state index contributed by atoms with van der Waals surface area (Å²) < 4.78 is 0. The normalized spacial score (nSPS) is 10.6. The minimum atomic E-state index is 0.0705. The Kier molecular flexibility index (Phi) is 4.68. The summed E-state index contributed by atoms with van der Waals surface area (Å²) in [7, 11) is 0. The Morgan fingerprint density at radius 1 is 1.37 bits per heavy atom. The number of rotatable bonds is 6. The van der Waals surface area contributed by atoms with Gasteiger partial charge in [0.05, 0.1) is 5.39 Å². The molecule has 2 aromatic rings. The summed E-state index contributed by atoms with van der Waals surface area (Å²) >= 11 is 1.65. The Labute approximate surface area is 116 Å². The van der Waals surface area contributed by atoms with Crippen LogP contribution in [0.1, 0.15) is 24.6 Å². The first-order chi connectivity index (χ1) is 9.20. The predicted molar refractivity (Wildman–Crippen MR) is 78.6 cm³/mol. The third-order valence-corrected chi connectivity index (χ3v) is 3.63. The highest BCUT2D eigenvalue weighted by Gasteiger charge is 2.07. The fourth-order valence-corrected chi connectivity index (χ4v) is 2.61. The Balaban J connectivity index is 1.93. The summed E-state index contributed by atoms with van der Waals surface area (Å²) in [5, 5.41) is 7.08. The second-order valence-corrected chi connectivity index (χ2v) is 5.56. The lowest BCUT2D eigenvalue weighted by Crippen LogP contribution is -2.26. The van der Waals surface area contributed by atoms with Gasteiger partial charge in [-0.05, 0) is 19.4 Å². The molecule has 0 saturated heterocycles. The van der Waals surface area contributed by atoms with E-state index < -0.39 is 0 Å². The summed E-state index contributed by atoms with van der Waals surface area (Å²) in [6.45, 7) is 5.40. The van der Waals surface area contributed by atoms with E-state index in [4.69, 9.17) is 0 Å². The molecule has 102 valence electrons. The molecule has 0 aliphatic rings. The lowest BCUT2D eigenvalue weighted by Gasteiger charge is -2.06. The molecule has 0 fully saturated rings. The van der Waals surface area contributed by atoms with Crippen molar-refractivity contribution < 1.29 is 4.79 Å². The molecule has 0 atom stereocenters. The van der Waals surface area contributed by atoms with Gasteiger partial charge in [-0.15, -0.1) is 11.3 Å². The number of thiophene rings is 1. The van der Waals surface area contributed by atoms with Crippen molar-refractivity contribution in [2.24, 2.45) is 0 Å². The molecular weight excluding hydrogens is 260 g/mol. The lowest BCUT2D eigenvalue weighted by atomic mass is 10.3. The first kappa shape index (κ1) is 13.7. The zero-order valence-electron chi connectivity index (χ0n) is 11.2. The molecule has 0 unspecified atom stereocenters. The van der Waals surface area contributed by atoms with Gasteiger partial charge < -0.3 is 10.6 Å². The van der Waals surface area contributed by atoms with Gasteiger partial charge in [0, 0.05) is 24.4 Å². The number of nitrogens with zero attached hydrogens (tertiary/aromatic N) is 2. The predicted octanol–water partition coefficient (Wildman–Crippen LogP) is 2.33. The number of hydrogen-bond donors (Lipinski definition) is 2. The van der Waals surface area contributed by atoms with Gasteiger partial charge in [0.25, 0.3) is 0 Å². The van der Waals surface area contributed by atoms with Gasteiger partial charge in [-0.3, -0.25) is 4.79 Å². The van der Waals surface area contributed by atoms with Crippen molar-refractivity contribution in [1.29, 1.82) is 0 Å². The zero-order chi connectivity index (χ0) is 13.7. The van der Waals surface area contributed by atoms with Crippen molar-refractivity contribution in [1.82, 2.24) is 15.3 Å². The van der Waals surface area contributed by atoms with Gasteiger partial charge in [0.2, 0.25) is 5.91 Å². The van der Waals surface area contributed by atoms with Crippen LogP contribution in [0.15, 0.2) is 12.4 Å². The van der Waals surface area contributed by atoms with E-state index in [9.17, 15) is 4.79 Å². The van der Waals surface area contributed by atoms with Crippen LogP contribution < -0.4 is 10.6 Å². The van der Waals surface area contributed by atoms with Crippen LogP contribution in [0.2, 0.25) is 0 Å². The van der Waals surface area contributed by atoms with Crippen LogP contribution in [-0.2, 0) is 4.79 Å². The number of fused-ring (bicyclic) bond motifs is 1. The minimum Gasteiger partial charge on any atom is -0.369 e. The quantitative estimate of drug-likeness (QED) is 0.851. The second kappa shape index (κ2) is 6.47. The second-order valence-electron chi connectivity index (χ2n) is 4.32. The van der Waals surface area contributed by atoms with Crippen LogP contribution in [-0.4, -0.2) is 29.0 Å². The molecule has 6 heteroatoms. The number of nitrogens with one attached hydrogen (secondary N) is 2. The molecule has 0 aromatic carbocycles. The first-order valence-corrected chi connectivity index (χ1v) is 7.24. The molecule has 5 nitrogen and oxygen atoms in total. The number of anilines is 1. The van der Waals surface area contributed by atoms with E-state index in [0.29, 0.717) is 13.0 Å². The van der Waals surface area contributed by atoms with E-state index in [2.05, 4.69) is 26.7 Å². The number of amides is 1. The van der Waals surface area contributed by atoms with E-state index >= 15 is 0 Å². The third-order valence-electron chi connectivity index (χ3n) is 2.67. The highest BCUT2D eigenvalue weighted by Crippen LogP contribution is 2.27. The van der Waals surface area contributed by atoms with Crippen molar-refractivity contribution in [3.63, 3.8) is 0 Å². The Morgan fingerprint density at radius 3 is 3.00 bits per heavy atom.